The Morgan fingerprint density at radius 1 is 1.20 bits per heavy atom. The van der Waals surface area contributed by atoms with Gasteiger partial charge in [-0.25, -0.2) is 13.4 Å². The summed E-state index contributed by atoms with van der Waals surface area (Å²) in [5.74, 6) is 0.336. The van der Waals surface area contributed by atoms with Crippen LogP contribution in [0.25, 0.3) is 16.7 Å². The van der Waals surface area contributed by atoms with Gasteiger partial charge in [0.1, 0.15) is 10.6 Å². The first-order valence-corrected chi connectivity index (χ1v) is 12.6. The zero-order valence-corrected chi connectivity index (χ0v) is 20.1. The van der Waals surface area contributed by atoms with Gasteiger partial charge in [0.25, 0.3) is 5.91 Å². The second-order valence-corrected chi connectivity index (χ2v) is 10.2. The molecule has 1 aliphatic heterocycles. The van der Waals surface area contributed by atoms with Crippen molar-refractivity contribution in [2.45, 2.75) is 24.5 Å². The first kappa shape index (κ1) is 23.1. The number of rotatable bonds is 6. The molecule has 0 unspecified atom stereocenters. The number of aromatic nitrogens is 5. The molecule has 182 valence electrons. The Hall–Kier alpha value is -3.61. The van der Waals surface area contributed by atoms with Crippen LogP contribution in [0.4, 0.5) is 0 Å². The Labute approximate surface area is 202 Å². The van der Waals surface area contributed by atoms with Crippen molar-refractivity contribution in [3.8, 4) is 5.82 Å². The average molecular weight is 496 g/mol. The summed E-state index contributed by atoms with van der Waals surface area (Å²) in [4.78, 5) is 22.1. The third kappa shape index (κ3) is 4.20. The molecule has 3 aromatic heterocycles. The van der Waals surface area contributed by atoms with Crippen molar-refractivity contribution in [2.75, 3.05) is 26.7 Å². The van der Waals surface area contributed by atoms with Crippen LogP contribution in [-0.2, 0) is 21.4 Å². The van der Waals surface area contributed by atoms with E-state index in [2.05, 4.69) is 20.3 Å². The van der Waals surface area contributed by atoms with E-state index in [4.69, 9.17) is 4.74 Å². The molecule has 1 aromatic carbocycles. The topological polar surface area (TPSA) is 126 Å². The molecule has 5 rings (SSSR count). The monoisotopic (exact) mass is 495 g/mol. The van der Waals surface area contributed by atoms with Gasteiger partial charge in [-0.2, -0.15) is 8.99 Å². The Morgan fingerprint density at radius 3 is 2.74 bits per heavy atom. The summed E-state index contributed by atoms with van der Waals surface area (Å²) in [5, 5.41) is 8.64. The molecule has 11 nitrogen and oxygen atoms in total. The molecule has 0 aliphatic carbocycles. The summed E-state index contributed by atoms with van der Waals surface area (Å²) in [6.07, 6.45) is 4.71. The van der Waals surface area contributed by atoms with E-state index in [0.29, 0.717) is 47.7 Å². The number of nitrogens with zero attached hydrogens (tertiary/aromatic N) is 6. The van der Waals surface area contributed by atoms with Crippen molar-refractivity contribution in [3.05, 3.63) is 66.2 Å². The maximum absolute atomic E-state index is 13.7. The Kier molecular flexibility index (Phi) is 6.09. The lowest BCUT2D eigenvalue weighted by Gasteiger charge is -2.38. The molecule has 1 fully saturated rings. The molecule has 0 saturated carbocycles. The first-order valence-electron chi connectivity index (χ1n) is 11.1. The number of hydrogen-bond acceptors (Lipinski definition) is 7. The maximum atomic E-state index is 13.7. The largest absolute Gasteiger partial charge is 0.378 e. The maximum Gasteiger partial charge on any atom is 0.253 e. The highest BCUT2D eigenvalue weighted by Crippen LogP contribution is 2.30. The fourth-order valence-electron chi connectivity index (χ4n) is 4.39. The Morgan fingerprint density at radius 2 is 2.00 bits per heavy atom. The van der Waals surface area contributed by atoms with E-state index in [0.717, 1.165) is 0 Å². The molecular formula is C23H25N7O4S. The zero-order valence-electron chi connectivity index (χ0n) is 19.3. The van der Waals surface area contributed by atoms with Crippen molar-refractivity contribution >= 4 is 26.8 Å². The van der Waals surface area contributed by atoms with E-state index in [1.807, 2.05) is 25.1 Å². The van der Waals surface area contributed by atoms with Crippen LogP contribution >= 0.6 is 0 Å². The lowest BCUT2D eigenvalue weighted by molar-refractivity contribution is 0.0642. The number of fused-ring (bicyclic) bond motifs is 1. The number of methoxy groups -OCH3 is 1. The van der Waals surface area contributed by atoms with Gasteiger partial charge in [-0.1, -0.05) is 23.4 Å². The number of carbonyl (C=O) groups excluding carboxylic acids is 1. The van der Waals surface area contributed by atoms with Crippen LogP contribution in [0, 0.1) is 0 Å². The van der Waals surface area contributed by atoms with Crippen molar-refractivity contribution in [2.24, 2.45) is 0 Å². The number of carbonyl (C=O) groups is 1. The zero-order chi connectivity index (χ0) is 24.6. The lowest BCUT2D eigenvalue weighted by atomic mass is 10.1. The third-order valence-corrected chi connectivity index (χ3v) is 8.11. The van der Waals surface area contributed by atoms with Gasteiger partial charge in [-0.3, -0.25) is 4.79 Å². The molecule has 1 saturated heterocycles. The first-order chi connectivity index (χ1) is 16.9. The van der Waals surface area contributed by atoms with Crippen LogP contribution in [-0.4, -0.2) is 81.3 Å². The normalized spacial score (nSPS) is 17.2. The second kappa shape index (κ2) is 9.21. The predicted octanol–water partition coefficient (Wildman–Crippen LogP) is 1.83. The highest BCUT2D eigenvalue weighted by molar-refractivity contribution is 7.89. The Balaban J connectivity index is 1.41. The molecule has 35 heavy (non-hydrogen) atoms. The summed E-state index contributed by atoms with van der Waals surface area (Å²) in [6, 6.07) is 10.3. The summed E-state index contributed by atoms with van der Waals surface area (Å²) in [5.41, 5.74) is 1.75. The molecule has 0 radical (unpaired) electrons. The number of nitrogens with one attached hydrogen (secondary N) is 1. The van der Waals surface area contributed by atoms with Crippen LogP contribution in [0.5, 0.6) is 0 Å². The Bertz CT molecular complexity index is 1470. The van der Waals surface area contributed by atoms with Crippen LogP contribution in [0.1, 0.15) is 23.0 Å². The minimum absolute atomic E-state index is 0.0991. The number of H-pyrrole nitrogens is 1. The van der Waals surface area contributed by atoms with E-state index < -0.39 is 10.0 Å². The molecule has 12 heteroatoms. The lowest BCUT2D eigenvalue weighted by Crippen LogP contribution is -2.55. The SMILES string of the molecule is COCc1cn(-c2nccc3c(S(=O)(=O)N4CCN(C(=O)c5ccccc5)C[C@H]4C)c[nH]c23)nn1. The predicted molar refractivity (Wildman–Crippen MR) is 127 cm³/mol. The fraction of sp³-hybridized carbons (Fsp3) is 0.304. The number of pyridine rings is 1. The number of hydrogen-bond donors (Lipinski definition) is 1. The number of ether oxygens (including phenoxy) is 1. The molecule has 1 atom stereocenters. The van der Waals surface area contributed by atoms with Crippen molar-refractivity contribution in [3.63, 3.8) is 0 Å². The number of piperazine rings is 1. The summed E-state index contributed by atoms with van der Waals surface area (Å²) in [7, 11) is -2.27. The minimum atomic E-state index is -3.84. The summed E-state index contributed by atoms with van der Waals surface area (Å²) in [6.45, 7) is 2.95. The third-order valence-electron chi connectivity index (χ3n) is 6.06. The quantitative estimate of drug-likeness (QED) is 0.432. The van der Waals surface area contributed by atoms with Crippen LogP contribution in [0.2, 0.25) is 0 Å². The van der Waals surface area contributed by atoms with Crippen molar-refractivity contribution in [1.29, 1.82) is 0 Å². The van der Waals surface area contributed by atoms with E-state index >= 15 is 0 Å². The van der Waals surface area contributed by atoms with Crippen LogP contribution in [0.3, 0.4) is 0 Å². The standard InChI is InChI=1S/C23H25N7O4S/c1-16-13-28(23(31)17-6-4-3-5-7-17)10-11-30(16)35(32,33)20-12-25-21-19(20)8-9-24-22(21)29-14-18(15-34-2)26-27-29/h3-9,12,14,16,25H,10-11,13,15H2,1-2H3/t16-/m1/s1. The van der Waals surface area contributed by atoms with E-state index in [1.165, 1.54) is 15.2 Å². The number of sulfonamides is 1. The fourth-order valence-corrected chi connectivity index (χ4v) is 6.16. The van der Waals surface area contributed by atoms with Gasteiger partial charge >= 0.3 is 0 Å². The van der Waals surface area contributed by atoms with E-state index in [9.17, 15) is 13.2 Å². The molecule has 4 aromatic rings. The van der Waals surface area contributed by atoms with E-state index in [1.54, 1.807) is 42.6 Å². The summed E-state index contributed by atoms with van der Waals surface area (Å²) < 4.78 is 35.4. The van der Waals surface area contributed by atoms with Gasteiger partial charge in [-0.15, -0.1) is 5.10 Å². The molecular weight excluding hydrogens is 470 g/mol. The highest BCUT2D eigenvalue weighted by Gasteiger charge is 2.36. The van der Waals surface area contributed by atoms with Gasteiger partial charge in [0.05, 0.1) is 18.3 Å². The number of amides is 1. The van der Waals surface area contributed by atoms with E-state index in [-0.39, 0.29) is 23.4 Å². The molecule has 4 heterocycles. The number of aromatic amines is 1. The molecule has 1 aliphatic rings. The summed E-state index contributed by atoms with van der Waals surface area (Å²) >= 11 is 0. The molecule has 0 bridgehead atoms. The number of benzene rings is 1. The van der Waals surface area contributed by atoms with Crippen LogP contribution in [0.15, 0.2) is 59.9 Å². The van der Waals surface area contributed by atoms with Gasteiger partial charge < -0.3 is 14.6 Å². The smallest absolute Gasteiger partial charge is 0.253 e. The van der Waals surface area contributed by atoms with Crippen molar-refractivity contribution < 1.29 is 17.9 Å². The van der Waals surface area contributed by atoms with Gasteiger partial charge in [-0.05, 0) is 25.1 Å². The van der Waals surface area contributed by atoms with Crippen molar-refractivity contribution in [1.82, 2.24) is 34.2 Å². The van der Waals surface area contributed by atoms with Gasteiger partial charge in [0.15, 0.2) is 5.82 Å². The second-order valence-electron chi connectivity index (χ2n) is 8.38. The minimum Gasteiger partial charge on any atom is -0.378 e. The molecule has 0 spiro atoms. The van der Waals surface area contributed by atoms with Gasteiger partial charge in [0.2, 0.25) is 10.0 Å². The van der Waals surface area contributed by atoms with Gasteiger partial charge in [0, 0.05) is 56.1 Å². The average Bonchev–Trinajstić information content (AvgIpc) is 3.52. The highest BCUT2D eigenvalue weighted by atomic mass is 32.2. The van der Waals surface area contributed by atoms with Crippen LogP contribution < -0.4 is 0 Å². The molecule has 1 amide bonds. The molecule has 1 N–H and O–H groups in total.